The maximum absolute atomic E-state index is 15.4. The van der Waals surface area contributed by atoms with Crippen molar-refractivity contribution in [1.29, 1.82) is 0 Å². The van der Waals surface area contributed by atoms with Crippen LogP contribution < -0.4 is 10.2 Å². The average molecular weight is 498 g/mol. The van der Waals surface area contributed by atoms with Gasteiger partial charge < -0.3 is 10.2 Å². The van der Waals surface area contributed by atoms with Crippen LogP contribution in [-0.4, -0.2) is 54.6 Å². The summed E-state index contributed by atoms with van der Waals surface area (Å²) in [6, 6.07) is 6.23. The summed E-state index contributed by atoms with van der Waals surface area (Å²) < 4.78 is 67.2. The van der Waals surface area contributed by atoms with Gasteiger partial charge in [0.15, 0.2) is 11.6 Å². The van der Waals surface area contributed by atoms with Crippen molar-refractivity contribution in [3.63, 3.8) is 0 Å². The van der Waals surface area contributed by atoms with E-state index in [1.54, 1.807) is 12.1 Å². The molecule has 1 saturated heterocycles. The Morgan fingerprint density at radius 3 is 2.32 bits per heavy atom. The molecule has 186 valence electrons. The van der Waals surface area contributed by atoms with Crippen LogP contribution in [-0.2, 0) is 22.5 Å². The topological polar surface area (TPSA) is 78.4 Å². The van der Waals surface area contributed by atoms with Crippen LogP contribution in [0, 0.1) is 11.7 Å². The fourth-order valence-corrected chi connectivity index (χ4v) is 5.11. The lowest BCUT2D eigenvalue weighted by molar-refractivity contribution is 0.0174. The van der Waals surface area contributed by atoms with E-state index in [4.69, 9.17) is 0 Å². The zero-order valence-electron chi connectivity index (χ0n) is 19.3. The number of hydrogen-bond donors (Lipinski definition) is 1. The maximum Gasteiger partial charge on any atom is 0.270 e. The molecule has 1 aliphatic carbocycles. The van der Waals surface area contributed by atoms with Crippen molar-refractivity contribution in [3.8, 4) is 0 Å². The number of anilines is 2. The SMILES string of the molecule is CC(F)(F)c1ccc(CN(c2ncnc(NCC3CCN(S(C)(=O)=O)CC3)c2F)C2CC2)cc1. The number of nitrogens with one attached hydrogen (secondary N) is 1. The molecule has 0 bridgehead atoms. The Labute approximate surface area is 198 Å². The Bertz CT molecular complexity index is 1100. The van der Waals surface area contributed by atoms with E-state index in [2.05, 4.69) is 15.3 Å². The molecule has 0 unspecified atom stereocenters. The predicted molar refractivity (Wildman–Crippen MR) is 125 cm³/mol. The van der Waals surface area contributed by atoms with Crippen molar-refractivity contribution in [1.82, 2.24) is 14.3 Å². The zero-order valence-corrected chi connectivity index (χ0v) is 20.2. The molecule has 0 amide bonds. The van der Waals surface area contributed by atoms with Crippen LogP contribution in [0.5, 0.6) is 0 Å². The summed E-state index contributed by atoms with van der Waals surface area (Å²) in [5.74, 6) is -2.93. The first-order chi connectivity index (χ1) is 16.0. The Hall–Kier alpha value is -2.40. The molecule has 2 aromatic rings. The number of sulfonamides is 1. The summed E-state index contributed by atoms with van der Waals surface area (Å²) in [7, 11) is -3.19. The quantitative estimate of drug-likeness (QED) is 0.565. The third kappa shape index (κ3) is 5.99. The van der Waals surface area contributed by atoms with Gasteiger partial charge in [0.25, 0.3) is 5.92 Å². The van der Waals surface area contributed by atoms with Crippen molar-refractivity contribution < 1.29 is 21.6 Å². The van der Waals surface area contributed by atoms with Crippen molar-refractivity contribution in [2.45, 2.75) is 51.1 Å². The van der Waals surface area contributed by atoms with Gasteiger partial charge in [-0.1, -0.05) is 24.3 Å². The van der Waals surface area contributed by atoms with E-state index in [1.165, 1.54) is 29.0 Å². The van der Waals surface area contributed by atoms with Gasteiger partial charge in [0.05, 0.1) is 6.26 Å². The van der Waals surface area contributed by atoms with E-state index in [1.807, 2.05) is 4.90 Å². The van der Waals surface area contributed by atoms with Crippen LogP contribution in [0.1, 0.15) is 43.7 Å². The zero-order chi connectivity index (χ0) is 24.5. The Morgan fingerprint density at radius 2 is 1.76 bits per heavy atom. The highest BCUT2D eigenvalue weighted by Gasteiger charge is 2.33. The summed E-state index contributed by atoms with van der Waals surface area (Å²) >= 11 is 0. The van der Waals surface area contributed by atoms with E-state index in [0.717, 1.165) is 25.3 Å². The van der Waals surface area contributed by atoms with Crippen LogP contribution >= 0.6 is 0 Å². The van der Waals surface area contributed by atoms with Crippen LogP contribution in [0.2, 0.25) is 0 Å². The minimum atomic E-state index is -3.19. The molecule has 0 atom stereocenters. The normalized spacial score (nSPS) is 18.1. The highest BCUT2D eigenvalue weighted by Crippen LogP contribution is 2.35. The number of hydrogen-bond acceptors (Lipinski definition) is 6. The fraction of sp³-hybridized carbons (Fsp3) is 0.565. The summed E-state index contributed by atoms with van der Waals surface area (Å²) in [6.07, 6.45) is 5.75. The minimum Gasteiger partial charge on any atom is -0.367 e. The molecule has 11 heteroatoms. The largest absolute Gasteiger partial charge is 0.367 e. The number of alkyl halides is 2. The van der Waals surface area contributed by atoms with E-state index in [0.29, 0.717) is 39.0 Å². The second kappa shape index (κ2) is 9.69. The summed E-state index contributed by atoms with van der Waals surface area (Å²) in [5, 5.41) is 3.07. The predicted octanol–water partition coefficient (Wildman–Crippen LogP) is 3.98. The molecule has 1 aromatic carbocycles. The van der Waals surface area contributed by atoms with Crippen molar-refractivity contribution in [2.75, 3.05) is 36.1 Å². The number of aromatic nitrogens is 2. The first-order valence-electron chi connectivity index (χ1n) is 11.5. The van der Waals surface area contributed by atoms with E-state index >= 15 is 4.39 Å². The van der Waals surface area contributed by atoms with Gasteiger partial charge in [0, 0.05) is 44.7 Å². The molecular weight excluding hydrogens is 467 g/mol. The lowest BCUT2D eigenvalue weighted by atomic mass is 9.98. The maximum atomic E-state index is 15.4. The van der Waals surface area contributed by atoms with Gasteiger partial charge >= 0.3 is 0 Å². The van der Waals surface area contributed by atoms with Gasteiger partial charge in [-0.15, -0.1) is 0 Å². The lowest BCUT2D eigenvalue weighted by Crippen LogP contribution is -2.39. The highest BCUT2D eigenvalue weighted by molar-refractivity contribution is 7.88. The van der Waals surface area contributed by atoms with Gasteiger partial charge in [-0.25, -0.2) is 31.5 Å². The molecule has 0 spiro atoms. The van der Waals surface area contributed by atoms with Crippen molar-refractivity contribution in [2.24, 2.45) is 5.92 Å². The first kappa shape index (κ1) is 24.7. The van der Waals surface area contributed by atoms with Gasteiger partial charge in [-0.2, -0.15) is 4.39 Å². The fourth-order valence-electron chi connectivity index (χ4n) is 4.23. The molecule has 0 radical (unpaired) electrons. The minimum absolute atomic E-state index is 0.0590. The first-order valence-corrected chi connectivity index (χ1v) is 13.3. The van der Waals surface area contributed by atoms with Crippen LogP contribution in [0.3, 0.4) is 0 Å². The molecule has 34 heavy (non-hydrogen) atoms. The van der Waals surface area contributed by atoms with Gasteiger partial charge in [-0.3, -0.25) is 0 Å². The lowest BCUT2D eigenvalue weighted by Gasteiger charge is -2.30. The van der Waals surface area contributed by atoms with Gasteiger partial charge in [0.1, 0.15) is 6.33 Å². The van der Waals surface area contributed by atoms with E-state index in [9.17, 15) is 17.2 Å². The number of benzene rings is 1. The Balaban J connectivity index is 1.42. The monoisotopic (exact) mass is 497 g/mol. The number of halogens is 3. The summed E-state index contributed by atoms with van der Waals surface area (Å²) in [6.45, 7) is 2.62. The van der Waals surface area contributed by atoms with Crippen LogP contribution in [0.15, 0.2) is 30.6 Å². The van der Waals surface area contributed by atoms with Crippen molar-refractivity contribution >= 4 is 21.7 Å². The molecule has 2 fully saturated rings. The van der Waals surface area contributed by atoms with Crippen LogP contribution in [0.25, 0.3) is 0 Å². The van der Waals surface area contributed by atoms with Crippen LogP contribution in [0.4, 0.5) is 24.8 Å². The van der Waals surface area contributed by atoms with Gasteiger partial charge in [0.2, 0.25) is 15.8 Å². The second-order valence-corrected chi connectivity index (χ2v) is 11.3. The molecule has 4 rings (SSSR count). The molecule has 1 N–H and O–H groups in total. The average Bonchev–Trinajstić information content (AvgIpc) is 3.62. The number of piperidine rings is 1. The van der Waals surface area contributed by atoms with E-state index < -0.39 is 21.8 Å². The molecular formula is C23H30F3N5O2S. The molecule has 2 heterocycles. The second-order valence-electron chi connectivity index (χ2n) is 9.29. The smallest absolute Gasteiger partial charge is 0.270 e. The Morgan fingerprint density at radius 1 is 1.12 bits per heavy atom. The third-order valence-electron chi connectivity index (χ3n) is 6.45. The van der Waals surface area contributed by atoms with E-state index in [-0.39, 0.29) is 29.2 Å². The molecule has 2 aliphatic rings. The van der Waals surface area contributed by atoms with Gasteiger partial charge in [-0.05, 0) is 37.2 Å². The highest BCUT2D eigenvalue weighted by atomic mass is 32.2. The number of nitrogens with zero attached hydrogens (tertiary/aromatic N) is 4. The molecule has 1 aliphatic heterocycles. The van der Waals surface area contributed by atoms with Crippen molar-refractivity contribution in [3.05, 3.63) is 47.5 Å². The molecule has 7 nitrogen and oxygen atoms in total. The standard InChI is InChI=1S/C23H30F3N5O2S/c1-23(25,26)18-5-3-17(4-6-18)14-31(19-7-8-19)22-20(24)21(28-15-29-22)27-13-16-9-11-30(12-10-16)34(2,32)33/h3-6,15-16,19H,7-14H2,1-2H3,(H,27,28,29). The number of rotatable bonds is 9. The third-order valence-corrected chi connectivity index (χ3v) is 7.75. The summed E-state index contributed by atoms with van der Waals surface area (Å²) in [4.78, 5) is 10.1. The summed E-state index contributed by atoms with van der Waals surface area (Å²) in [5.41, 5.74) is 0.737. The molecule has 1 saturated carbocycles. The Kier molecular flexibility index (Phi) is 7.04. The molecule has 1 aromatic heterocycles.